The molecule has 3 aromatic rings. The fourth-order valence-electron chi connectivity index (χ4n) is 5.32. The smallest absolute Gasteiger partial charge is 0.490 e. The van der Waals surface area contributed by atoms with Crippen LogP contribution in [-0.2, 0) is 42.9 Å². The quantitative estimate of drug-likeness (QED) is 0.0661. The van der Waals surface area contributed by atoms with Gasteiger partial charge in [0, 0.05) is 18.2 Å². The minimum Gasteiger partial charge on any atom is -0.493 e. The lowest BCUT2D eigenvalue weighted by Crippen LogP contribution is -2.26. The summed E-state index contributed by atoms with van der Waals surface area (Å²) >= 11 is 0. The van der Waals surface area contributed by atoms with Crippen LogP contribution < -0.4 is 20.8 Å². The summed E-state index contributed by atoms with van der Waals surface area (Å²) in [5.74, 6) is 0.0525. The summed E-state index contributed by atoms with van der Waals surface area (Å²) in [6.07, 6.45) is -3.69. The number of ether oxygens (including phenoxy) is 4. The first kappa shape index (κ1) is 40.5. The number of aromatic nitrogens is 3. The van der Waals surface area contributed by atoms with Crippen LogP contribution in [0.25, 0.3) is 11.0 Å². The minimum absolute atomic E-state index is 0.00604. The Kier molecular flexibility index (Phi) is 11.9. The van der Waals surface area contributed by atoms with Crippen molar-refractivity contribution in [2.75, 3.05) is 26.6 Å². The van der Waals surface area contributed by atoms with Gasteiger partial charge in [-0.1, -0.05) is 20.8 Å². The largest absolute Gasteiger partial charge is 0.493 e. The lowest BCUT2D eigenvalue weighted by Gasteiger charge is -2.31. The van der Waals surface area contributed by atoms with Gasteiger partial charge in [0.25, 0.3) is 11.2 Å². The Morgan fingerprint density at radius 1 is 1.12 bits per heavy atom. The van der Waals surface area contributed by atoms with E-state index in [0.717, 1.165) is 0 Å². The predicted molar refractivity (Wildman–Crippen MR) is 172 cm³/mol. The first-order valence-electron chi connectivity index (χ1n) is 14.5. The molecular weight excluding hydrogens is 751 g/mol. The Labute approximate surface area is 287 Å². The molecule has 1 aromatic carbocycles. The van der Waals surface area contributed by atoms with Crippen LogP contribution in [0.4, 0.5) is 11.6 Å². The molecule has 4 unspecified atom stereocenters. The van der Waals surface area contributed by atoms with E-state index in [4.69, 9.17) is 34.5 Å². The Hall–Kier alpha value is -3.27. The maximum absolute atomic E-state index is 13.2. The van der Waals surface area contributed by atoms with Crippen molar-refractivity contribution in [2.45, 2.75) is 58.3 Å². The number of rotatable bonds is 15. The summed E-state index contributed by atoms with van der Waals surface area (Å²) in [4.78, 5) is 67.8. The van der Waals surface area contributed by atoms with Gasteiger partial charge in [-0.15, -0.1) is 0 Å². The molecule has 3 heterocycles. The summed E-state index contributed by atoms with van der Waals surface area (Å²) in [5, 5.41) is 22.8. The maximum atomic E-state index is 13.2. The van der Waals surface area contributed by atoms with E-state index < -0.39 is 70.5 Å². The normalized spacial score (nSPS) is 21.3. The summed E-state index contributed by atoms with van der Waals surface area (Å²) in [7, 11) is -14.2. The van der Waals surface area contributed by atoms with Crippen molar-refractivity contribution in [1.29, 1.82) is 0 Å². The molecule has 8 N–H and O–H groups in total. The Bertz CT molecular complexity index is 1990. The van der Waals surface area contributed by atoms with Crippen molar-refractivity contribution in [3.05, 3.63) is 49.9 Å². The number of hydrogen-bond acceptors (Lipinski definition) is 16. The Balaban J connectivity index is 1.63. The highest BCUT2D eigenvalue weighted by molar-refractivity contribution is 7.66. The third-order valence-corrected chi connectivity index (χ3v) is 11.1. The van der Waals surface area contributed by atoms with Crippen LogP contribution in [0, 0.1) is 15.5 Å². The van der Waals surface area contributed by atoms with Crippen LogP contribution >= 0.6 is 23.5 Å². The minimum atomic E-state index is -5.78. The number of H-pyrrole nitrogens is 1. The third-order valence-electron chi connectivity index (χ3n) is 7.32. The topological polar surface area (TPSA) is 337 Å². The number of anilines is 1. The Morgan fingerprint density at radius 3 is 2.31 bits per heavy atom. The van der Waals surface area contributed by atoms with E-state index in [1.807, 2.05) is 0 Å². The van der Waals surface area contributed by atoms with Gasteiger partial charge in [0.05, 0.1) is 61.6 Å². The number of phosphoric ester groups is 1. The highest BCUT2D eigenvalue weighted by Gasteiger charge is 2.43. The number of benzene rings is 1. The molecule has 0 aliphatic carbocycles. The van der Waals surface area contributed by atoms with E-state index in [-0.39, 0.29) is 58.3 Å². The maximum Gasteiger partial charge on any atom is 0.490 e. The predicted octanol–water partition coefficient (Wildman–Crippen LogP) is 2.53. The SMILES string of the molecule is COc1cc(C(OCc2cn([C@H]3CC(O)[C@@H](COP(=O)(O)OP(=O)(O)OP(=O)(O)O)O3)c3nc(N)[nH]c(=O)c23)C(C)(C)C)c([N+](=O)[O-])cc1OC. The van der Waals surface area contributed by atoms with Gasteiger partial charge >= 0.3 is 23.5 Å². The van der Waals surface area contributed by atoms with Gasteiger partial charge in [-0.25, -0.2) is 13.7 Å². The molecule has 1 fully saturated rings. The molecule has 23 nitrogen and oxygen atoms in total. The van der Waals surface area contributed by atoms with Gasteiger partial charge in [0.2, 0.25) is 5.95 Å². The monoisotopic (exact) mass is 787 g/mol. The molecular formula is C25H36N5O18P3. The van der Waals surface area contributed by atoms with Crippen LogP contribution in [0.15, 0.2) is 23.1 Å². The number of aromatic amines is 1. The molecule has 1 aliphatic heterocycles. The third kappa shape index (κ3) is 9.79. The van der Waals surface area contributed by atoms with Gasteiger partial charge in [-0.05, 0) is 11.5 Å². The molecule has 0 saturated carbocycles. The second-order valence-corrected chi connectivity index (χ2v) is 16.5. The van der Waals surface area contributed by atoms with Crippen LogP contribution in [-0.4, -0.2) is 77.2 Å². The average molecular weight is 788 g/mol. The number of methoxy groups -OCH3 is 2. The number of aliphatic hydroxyl groups excluding tert-OH is 1. The number of aliphatic hydroxyl groups is 1. The first-order valence-corrected chi connectivity index (χ1v) is 19.0. The molecule has 0 bridgehead atoms. The number of phosphoric acid groups is 3. The number of nitro groups is 1. The highest BCUT2D eigenvalue weighted by Crippen LogP contribution is 2.66. The first-order chi connectivity index (χ1) is 23.4. The number of nitrogens with one attached hydrogen (secondary N) is 1. The average Bonchev–Trinajstić information content (AvgIpc) is 3.52. The fourth-order valence-corrected chi connectivity index (χ4v) is 8.35. The zero-order valence-corrected chi connectivity index (χ0v) is 30.1. The molecule has 0 radical (unpaired) electrons. The van der Waals surface area contributed by atoms with Crippen LogP contribution in [0.2, 0.25) is 0 Å². The summed E-state index contributed by atoms with van der Waals surface area (Å²) < 4.78 is 70.6. The lowest BCUT2D eigenvalue weighted by atomic mass is 9.83. The Morgan fingerprint density at radius 2 is 1.75 bits per heavy atom. The summed E-state index contributed by atoms with van der Waals surface area (Å²) in [5.41, 5.74) is 4.43. The van der Waals surface area contributed by atoms with Crippen molar-refractivity contribution in [1.82, 2.24) is 14.5 Å². The van der Waals surface area contributed by atoms with Gasteiger partial charge in [0.1, 0.15) is 12.3 Å². The van der Waals surface area contributed by atoms with E-state index in [1.54, 1.807) is 20.8 Å². The van der Waals surface area contributed by atoms with Crippen molar-refractivity contribution in [2.24, 2.45) is 5.41 Å². The molecule has 4 rings (SSSR count). The van der Waals surface area contributed by atoms with Crippen molar-refractivity contribution >= 4 is 46.1 Å². The van der Waals surface area contributed by atoms with E-state index in [2.05, 4.69) is 23.1 Å². The van der Waals surface area contributed by atoms with Gasteiger partial charge in [0.15, 0.2) is 17.1 Å². The summed E-state index contributed by atoms with van der Waals surface area (Å²) in [6.45, 7) is 4.10. The standard InChI is InChI=1S/C25H36N5O18P3/c1-25(2,3)21(13-6-16(42-4)17(43-5)7-14(13)30(33)34)44-10-12-9-29(22-20(12)23(32)28-24(26)27-22)19-8-15(31)18(46-19)11-45-50(38,39)48-51(40,41)47-49(35,36)37/h6-7,9,15,18-19,21,31H,8,10-11H2,1-5H3,(H,38,39)(H,40,41)(H2,35,36,37)(H3,26,27,28,32)/t15?,18-,19-,21?/m1/s1. The molecule has 284 valence electrons. The summed E-state index contributed by atoms with van der Waals surface area (Å²) in [6, 6.07) is 2.64. The van der Waals surface area contributed by atoms with Crippen molar-refractivity contribution < 1.29 is 75.4 Å². The number of fused-ring (bicyclic) bond motifs is 1. The van der Waals surface area contributed by atoms with Gasteiger partial charge in [-0.3, -0.25) is 24.4 Å². The van der Waals surface area contributed by atoms with E-state index in [1.165, 1.54) is 37.1 Å². The molecule has 1 aliphatic rings. The van der Waals surface area contributed by atoms with E-state index in [0.29, 0.717) is 0 Å². The molecule has 51 heavy (non-hydrogen) atoms. The molecule has 1 saturated heterocycles. The number of nitro benzene ring substituents is 1. The van der Waals surface area contributed by atoms with Gasteiger partial charge < -0.3 is 53.9 Å². The van der Waals surface area contributed by atoms with Crippen LogP contribution in [0.3, 0.4) is 0 Å². The van der Waals surface area contributed by atoms with Crippen LogP contribution in [0.5, 0.6) is 11.5 Å². The molecule has 2 aromatic heterocycles. The zero-order chi connectivity index (χ0) is 38.3. The fraction of sp³-hybridized carbons (Fsp3) is 0.520. The molecule has 26 heteroatoms. The van der Waals surface area contributed by atoms with Crippen molar-refractivity contribution in [3.8, 4) is 11.5 Å². The lowest BCUT2D eigenvalue weighted by molar-refractivity contribution is -0.386. The second-order valence-electron chi connectivity index (χ2n) is 12.1. The van der Waals surface area contributed by atoms with E-state index >= 15 is 0 Å². The molecule has 0 amide bonds. The number of nitrogen functional groups attached to an aromatic ring is 1. The number of nitrogens with zero attached hydrogens (tertiary/aromatic N) is 3. The van der Waals surface area contributed by atoms with Gasteiger partial charge in [-0.2, -0.15) is 13.6 Å². The van der Waals surface area contributed by atoms with Crippen molar-refractivity contribution in [3.63, 3.8) is 0 Å². The van der Waals surface area contributed by atoms with E-state index in [9.17, 15) is 43.5 Å². The highest BCUT2D eigenvalue weighted by atomic mass is 31.3. The second kappa shape index (κ2) is 15.0. The number of hydrogen-bond donors (Lipinski definition) is 7. The molecule has 0 spiro atoms. The molecule has 6 atom stereocenters. The number of nitrogens with two attached hydrogens (primary N) is 1. The van der Waals surface area contributed by atoms with Crippen LogP contribution in [0.1, 0.15) is 50.7 Å². The zero-order valence-electron chi connectivity index (χ0n) is 27.5.